The van der Waals surface area contributed by atoms with Crippen molar-refractivity contribution in [1.29, 1.82) is 0 Å². The van der Waals surface area contributed by atoms with Crippen LogP contribution < -0.4 is 10.1 Å². The van der Waals surface area contributed by atoms with Gasteiger partial charge in [0.15, 0.2) is 0 Å². The topological polar surface area (TPSA) is 104 Å². The molecule has 0 aliphatic carbocycles. The highest BCUT2D eigenvalue weighted by atomic mass is 32.2. The molecule has 0 aliphatic heterocycles. The number of sulfonamides is 1. The highest BCUT2D eigenvalue weighted by molar-refractivity contribution is 7.89. The van der Waals surface area contributed by atoms with Crippen LogP contribution in [-0.4, -0.2) is 48.8 Å². The number of hydrogen-bond donors (Lipinski definition) is 2. The van der Waals surface area contributed by atoms with Gasteiger partial charge in [0.05, 0.1) is 24.2 Å². The minimum Gasteiger partial charge on any atom is -0.495 e. The molecule has 1 amide bonds. The summed E-state index contributed by atoms with van der Waals surface area (Å²) in [6, 6.07) is 11.7. The first kappa shape index (κ1) is 23.7. The number of carbonyl (C=O) groups excluding carboxylic acids is 1. The van der Waals surface area contributed by atoms with Crippen LogP contribution in [0, 0.1) is 5.92 Å². The molecule has 8 nitrogen and oxygen atoms in total. The Morgan fingerprint density at radius 2 is 1.84 bits per heavy atom. The lowest BCUT2D eigenvalue weighted by Gasteiger charge is -2.22. The molecule has 1 heterocycles. The maximum absolute atomic E-state index is 13.1. The summed E-state index contributed by atoms with van der Waals surface area (Å²) >= 11 is 0. The monoisotopic (exact) mass is 458 g/mol. The second kappa shape index (κ2) is 9.70. The number of amides is 1. The van der Waals surface area contributed by atoms with Crippen molar-refractivity contribution >= 4 is 27.0 Å². The van der Waals surface area contributed by atoms with Crippen LogP contribution in [0.25, 0.3) is 11.0 Å². The molecule has 2 N–H and O–H groups in total. The van der Waals surface area contributed by atoms with Crippen LogP contribution in [0.15, 0.2) is 47.4 Å². The average molecular weight is 459 g/mol. The number of nitrogens with zero attached hydrogens (tertiary/aromatic N) is 2. The van der Waals surface area contributed by atoms with Gasteiger partial charge in [-0.2, -0.15) is 4.31 Å². The van der Waals surface area contributed by atoms with Gasteiger partial charge in [0.2, 0.25) is 10.0 Å². The van der Waals surface area contributed by atoms with Crippen LogP contribution in [0.5, 0.6) is 5.75 Å². The Balaban J connectivity index is 1.95. The molecule has 3 aromatic rings. The molecule has 1 aromatic heterocycles. The van der Waals surface area contributed by atoms with E-state index in [1.165, 1.54) is 23.5 Å². The molecule has 0 radical (unpaired) electrons. The van der Waals surface area contributed by atoms with E-state index in [2.05, 4.69) is 15.3 Å². The molecule has 172 valence electrons. The summed E-state index contributed by atoms with van der Waals surface area (Å²) in [5.74, 6) is 0.518. The van der Waals surface area contributed by atoms with E-state index >= 15 is 0 Å². The third kappa shape index (κ3) is 4.63. The molecule has 0 saturated heterocycles. The number of aromatic nitrogens is 2. The summed E-state index contributed by atoms with van der Waals surface area (Å²) < 4.78 is 32.8. The number of rotatable bonds is 9. The first-order valence-electron chi connectivity index (χ1n) is 10.7. The van der Waals surface area contributed by atoms with Crippen LogP contribution in [0.4, 0.5) is 0 Å². The van der Waals surface area contributed by atoms with Crippen molar-refractivity contribution in [3.63, 3.8) is 0 Å². The summed E-state index contributed by atoms with van der Waals surface area (Å²) in [5.41, 5.74) is 1.94. The van der Waals surface area contributed by atoms with Gasteiger partial charge in [0, 0.05) is 18.7 Å². The highest BCUT2D eigenvalue weighted by Crippen LogP contribution is 2.29. The molecule has 0 saturated carbocycles. The van der Waals surface area contributed by atoms with Crippen LogP contribution in [0.1, 0.15) is 49.9 Å². The molecule has 2 aromatic carbocycles. The SMILES string of the molecule is CCN(CC)S(=O)(=O)c1cc(C(=O)NC(c2nc3ccccc3[nH]2)C(C)C)ccc1OC. The number of hydrogen-bond acceptors (Lipinski definition) is 5. The lowest BCUT2D eigenvalue weighted by atomic mass is 10.0. The molecule has 1 unspecified atom stereocenters. The number of imidazole rings is 1. The first-order chi connectivity index (χ1) is 15.2. The predicted molar refractivity (Wildman–Crippen MR) is 124 cm³/mol. The van der Waals surface area contributed by atoms with Crippen molar-refractivity contribution in [2.45, 2.75) is 38.6 Å². The molecule has 3 rings (SSSR count). The minimum atomic E-state index is -3.80. The first-order valence-corrected chi connectivity index (χ1v) is 12.1. The molecule has 0 fully saturated rings. The molecule has 9 heteroatoms. The third-order valence-corrected chi connectivity index (χ3v) is 7.48. The highest BCUT2D eigenvalue weighted by Gasteiger charge is 2.28. The Morgan fingerprint density at radius 3 is 2.44 bits per heavy atom. The number of carbonyl (C=O) groups is 1. The van der Waals surface area contributed by atoms with E-state index in [0.717, 1.165) is 11.0 Å². The van der Waals surface area contributed by atoms with Gasteiger partial charge >= 0.3 is 0 Å². The Labute approximate surface area is 189 Å². The lowest BCUT2D eigenvalue weighted by Crippen LogP contribution is -2.33. The van der Waals surface area contributed by atoms with E-state index in [9.17, 15) is 13.2 Å². The average Bonchev–Trinajstić information content (AvgIpc) is 3.21. The summed E-state index contributed by atoms with van der Waals surface area (Å²) in [5, 5.41) is 3.00. The summed E-state index contributed by atoms with van der Waals surface area (Å²) in [7, 11) is -2.40. The quantitative estimate of drug-likeness (QED) is 0.508. The summed E-state index contributed by atoms with van der Waals surface area (Å²) in [6.45, 7) is 8.15. The van der Waals surface area contributed by atoms with Crippen molar-refractivity contribution in [2.75, 3.05) is 20.2 Å². The lowest BCUT2D eigenvalue weighted by molar-refractivity contribution is 0.0923. The fourth-order valence-electron chi connectivity index (χ4n) is 3.62. The van der Waals surface area contributed by atoms with Crippen LogP contribution >= 0.6 is 0 Å². The van der Waals surface area contributed by atoms with Gasteiger partial charge < -0.3 is 15.0 Å². The van der Waals surface area contributed by atoms with E-state index < -0.39 is 10.0 Å². The molecule has 0 aliphatic rings. The summed E-state index contributed by atoms with van der Waals surface area (Å²) in [6.07, 6.45) is 0. The minimum absolute atomic E-state index is 0.0267. The van der Waals surface area contributed by atoms with Gasteiger partial charge in [-0.1, -0.05) is 39.8 Å². The van der Waals surface area contributed by atoms with Crippen molar-refractivity contribution in [1.82, 2.24) is 19.6 Å². The standard InChI is InChI=1S/C23H30N4O4S/c1-6-27(7-2)32(29,30)20-14-16(12-13-19(20)31-5)23(28)26-21(15(3)4)22-24-17-10-8-9-11-18(17)25-22/h8-15,21H,6-7H2,1-5H3,(H,24,25)(H,26,28). The van der Waals surface area contributed by atoms with Crippen molar-refractivity contribution < 1.29 is 17.9 Å². The van der Waals surface area contributed by atoms with Crippen molar-refractivity contribution in [2.24, 2.45) is 5.92 Å². The van der Waals surface area contributed by atoms with Crippen molar-refractivity contribution in [3.8, 4) is 5.75 Å². The number of H-pyrrole nitrogens is 1. The second-order valence-corrected chi connectivity index (χ2v) is 9.70. The number of aromatic amines is 1. The fraction of sp³-hybridized carbons (Fsp3) is 0.391. The van der Waals surface area contributed by atoms with Gasteiger partial charge in [0.25, 0.3) is 5.91 Å². The van der Waals surface area contributed by atoms with Gasteiger partial charge in [-0.15, -0.1) is 0 Å². The van der Waals surface area contributed by atoms with Crippen molar-refractivity contribution in [3.05, 3.63) is 53.9 Å². The van der Waals surface area contributed by atoms with Crippen LogP contribution in [0.3, 0.4) is 0 Å². The van der Waals surface area contributed by atoms with Gasteiger partial charge in [-0.3, -0.25) is 4.79 Å². The van der Waals surface area contributed by atoms with Gasteiger partial charge in [-0.05, 0) is 36.2 Å². The smallest absolute Gasteiger partial charge is 0.251 e. The number of para-hydroxylation sites is 2. The zero-order chi connectivity index (χ0) is 23.5. The van der Waals surface area contributed by atoms with Crippen LogP contribution in [0.2, 0.25) is 0 Å². The number of nitrogens with one attached hydrogen (secondary N) is 2. The molecule has 32 heavy (non-hydrogen) atoms. The number of methoxy groups -OCH3 is 1. The second-order valence-electron chi connectivity index (χ2n) is 7.79. The largest absolute Gasteiger partial charge is 0.495 e. The zero-order valence-electron chi connectivity index (χ0n) is 19.0. The Bertz CT molecular complexity index is 1170. The van der Waals surface area contributed by atoms with Crippen LogP contribution in [-0.2, 0) is 10.0 Å². The Kier molecular flexibility index (Phi) is 7.20. The van der Waals surface area contributed by atoms with E-state index in [4.69, 9.17) is 4.74 Å². The molecule has 0 bridgehead atoms. The maximum Gasteiger partial charge on any atom is 0.251 e. The van der Waals surface area contributed by atoms with E-state index in [1.807, 2.05) is 38.1 Å². The molecular formula is C23H30N4O4S. The maximum atomic E-state index is 13.1. The van der Waals surface area contributed by atoms with E-state index in [1.54, 1.807) is 19.9 Å². The number of ether oxygens (including phenoxy) is 1. The normalized spacial score (nSPS) is 13.0. The number of fused-ring (bicyclic) bond motifs is 1. The van der Waals surface area contributed by atoms with Gasteiger partial charge in [-0.25, -0.2) is 13.4 Å². The zero-order valence-corrected chi connectivity index (χ0v) is 19.9. The Morgan fingerprint density at radius 1 is 1.16 bits per heavy atom. The molecule has 0 spiro atoms. The molecule has 1 atom stereocenters. The fourth-order valence-corrected chi connectivity index (χ4v) is 5.26. The molecular weight excluding hydrogens is 428 g/mol. The third-order valence-electron chi connectivity index (χ3n) is 5.40. The van der Waals surface area contributed by atoms with E-state index in [0.29, 0.717) is 18.9 Å². The van der Waals surface area contributed by atoms with Gasteiger partial charge in [0.1, 0.15) is 16.5 Å². The Hall–Kier alpha value is -2.91. The summed E-state index contributed by atoms with van der Waals surface area (Å²) in [4.78, 5) is 21.0. The number of benzene rings is 2. The predicted octanol–water partition coefficient (Wildman–Crippen LogP) is 3.73. The van der Waals surface area contributed by atoms with E-state index in [-0.39, 0.29) is 34.1 Å².